The molecule has 2 unspecified atom stereocenters. The zero-order valence-corrected chi connectivity index (χ0v) is 52.3. The van der Waals surface area contributed by atoms with Crippen LogP contribution in [-0.4, -0.2) is 6.88 Å². The van der Waals surface area contributed by atoms with Crippen molar-refractivity contribution < 1.29 is 23.3 Å². The molecule has 0 N–H and O–H groups in total. The summed E-state index contributed by atoms with van der Waals surface area (Å²) in [5.41, 5.74) is 19.6. The van der Waals surface area contributed by atoms with Gasteiger partial charge in [-0.15, -0.1) is 69.6 Å². The maximum absolute atomic E-state index is 3.06. The van der Waals surface area contributed by atoms with E-state index in [0.29, 0.717) is 11.8 Å². The molecule has 4 heteroatoms. The number of hydrogen-bond acceptors (Lipinski definition) is 0. The van der Waals surface area contributed by atoms with E-state index in [1.807, 2.05) is 0 Å². The van der Waals surface area contributed by atoms with Crippen molar-refractivity contribution in [3.63, 3.8) is 0 Å². The van der Waals surface area contributed by atoms with Crippen molar-refractivity contribution in [3.8, 4) is 44.5 Å². The van der Waals surface area contributed by atoms with E-state index in [-0.39, 0.29) is 61.3 Å². The van der Waals surface area contributed by atoms with Gasteiger partial charge in [0.15, 0.2) is 0 Å². The number of fused-ring (bicyclic) bond motifs is 2. The molecular weight excluding hydrogens is 1010 g/mol. The van der Waals surface area contributed by atoms with Crippen molar-refractivity contribution in [1.82, 2.24) is 0 Å². The van der Waals surface area contributed by atoms with Crippen LogP contribution in [0.3, 0.4) is 0 Å². The van der Waals surface area contributed by atoms with Crippen LogP contribution in [-0.2, 0) is 45.0 Å². The zero-order chi connectivity index (χ0) is 49.9. The first-order valence-electron chi connectivity index (χ1n) is 25.1. The summed E-state index contributed by atoms with van der Waals surface area (Å²) in [6.07, 6.45) is 2.31. The monoisotopic (exact) mass is 1090 g/mol. The fourth-order valence-electron chi connectivity index (χ4n) is 9.29. The summed E-state index contributed by atoms with van der Waals surface area (Å²) in [5.74, 6) is 1.12. The predicted molar refractivity (Wildman–Crippen MR) is 326 cm³/mol. The zero-order valence-electron chi connectivity index (χ0n) is 47.2. The van der Waals surface area contributed by atoms with E-state index in [9.17, 15) is 0 Å². The van der Waals surface area contributed by atoms with E-state index in [4.69, 9.17) is 0 Å². The van der Waals surface area contributed by atoms with Crippen molar-refractivity contribution in [1.29, 1.82) is 0 Å². The predicted octanol–water partition coefficient (Wildman–Crippen LogP) is 21.4. The van der Waals surface area contributed by atoms with Crippen molar-refractivity contribution in [2.24, 2.45) is 0 Å². The Morgan fingerprint density at radius 2 is 0.583 bits per heavy atom. The van der Waals surface area contributed by atoms with Crippen LogP contribution in [0.4, 0.5) is 0 Å². The van der Waals surface area contributed by atoms with E-state index in [1.54, 1.807) is 0 Å². The Bertz CT molecular complexity index is 2530. The van der Waals surface area contributed by atoms with Crippen LogP contribution in [0, 0.1) is 14.9 Å². The molecule has 0 aliphatic heterocycles. The molecule has 8 aromatic carbocycles. The number of hydrogen-bond donors (Lipinski definition) is 0. The SMILES string of the molecule is CCC(C)c1cc2c(-c3ccc(C(C)(C)C)cc3)ccc(-c3ccc(C(C)(C)C)cc3)c2[cH-]1.CCC(C)c1cc2c(-c3ccc(C(C)(C)C)cc3)ccc(-c3ccc(C(C)(C)C)cc3)c2[cH-]1.Cl.Cl.[CH3-].[CH3-].[Si]=[Zr]. The molecule has 0 bridgehead atoms. The molecule has 384 valence electrons. The molecule has 2 atom stereocenters. The van der Waals surface area contributed by atoms with Crippen LogP contribution in [0.1, 0.15) is 169 Å². The summed E-state index contributed by atoms with van der Waals surface area (Å²) in [6, 6.07) is 55.7. The van der Waals surface area contributed by atoms with E-state index in [1.165, 1.54) is 123 Å². The molecule has 0 amide bonds. The van der Waals surface area contributed by atoms with Crippen LogP contribution in [0.25, 0.3) is 66.1 Å². The summed E-state index contributed by atoms with van der Waals surface area (Å²) < 4.78 is 0. The van der Waals surface area contributed by atoms with Gasteiger partial charge in [-0.25, -0.2) is 0 Å². The average molecular weight is 1090 g/mol. The molecule has 0 aromatic heterocycles. The second kappa shape index (κ2) is 26.1. The van der Waals surface area contributed by atoms with Gasteiger partial charge in [0.05, 0.1) is 0 Å². The van der Waals surface area contributed by atoms with E-state index in [2.05, 4.69) is 263 Å². The molecule has 0 saturated heterocycles. The van der Waals surface area contributed by atoms with Gasteiger partial charge < -0.3 is 14.9 Å². The van der Waals surface area contributed by atoms with Crippen molar-refractivity contribution >= 4 is 53.2 Å². The quantitative estimate of drug-likeness (QED) is 0.105. The summed E-state index contributed by atoms with van der Waals surface area (Å²) in [5, 5.41) is 5.47. The maximum atomic E-state index is 3.06. The molecule has 0 heterocycles. The van der Waals surface area contributed by atoms with Crippen LogP contribution in [0.5, 0.6) is 0 Å². The fraction of sp³-hybridized carbons (Fsp3) is 0.353. The standard InChI is InChI=1S/2C33H39.2CH3.2ClH.Si.Zr/c2*1-9-22(2)25-20-30-28(23-10-14-26(15-11-23)32(3,4)5)18-19-29(31(30)21-25)24-12-16-27(17-13-24)33(6,7)8;;;;;;/h2*10-22H,9H2,1-8H3;2*1H3;2*1H;;/q4*-1;;;;. The molecule has 0 saturated carbocycles. The molecule has 0 aliphatic carbocycles. The molecule has 72 heavy (non-hydrogen) atoms. The molecule has 0 fully saturated rings. The second-order valence-electron chi connectivity index (χ2n) is 23.5. The van der Waals surface area contributed by atoms with Gasteiger partial charge in [0, 0.05) is 0 Å². The molecule has 2 radical (unpaired) electrons. The van der Waals surface area contributed by atoms with Gasteiger partial charge in [0.25, 0.3) is 0 Å². The first-order chi connectivity index (χ1) is 32.0. The number of halogens is 2. The summed E-state index contributed by atoms with van der Waals surface area (Å²) in [4.78, 5) is 0. The van der Waals surface area contributed by atoms with E-state index >= 15 is 0 Å². The molecule has 8 aromatic rings. The Morgan fingerprint density at radius 1 is 0.375 bits per heavy atom. The van der Waals surface area contributed by atoms with E-state index in [0.717, 1.165) is 12.8 Å². The van der Waals surface area contributed by atoms with Gasteiger partial charge in [0.1, 0.15) is 0 Å². The topological polar surface area (TPSA) is 0 Å². The first kappa shape index (κ1) is 64.3. The van der Waals surface area contributed by atoms with Gasteiger partial charge in [-0.1, -0.05) is 278 Å². The molecule has 0 spiro atoms. The van der Waals surface area contributed by atoms with Gasteiger partial charge >= 0.3 is 30.2 Å². The van der Waals surface area contributed by atoms with Crippen molar-refractivity contribution in [2.75, 3.05) is 0 Å². The first-order valence-corrected chi connectivity index (χ1v) is 29.3. The normalized spacial score (nSPS) is 12.4. The third-order valence-electron chi connectivity index (χ3n) is 14.4. The van der Waals surface area contributed by atoms with Gasteiger partial charge in [-0.05, 0) is 66.9 Å². The molecule has 0 nitrogen and oxygen atoms in total. The number of rotatable bonds is 8. The Morgan fingerprint density at radius 3 is 0.792 bits per heavy atom. The van der Waals surface area contributed by atoms with Crippen LogP contribution in [0.2, 0.25) is 0 Å². The van der Waals surface area contributed by atoms with Crippen LogP contribution in [0.15, 0.2) is 146 Å². The molecule has 8 rings (SSSR count). The molecule has 0 aliphatic rings. The van der Waals surface area contributed by atoms with Crippen molar-refractivity contribution in [3.05, 3.63) is 194 Å². The third kappa shape index (κ3) is 14.7. The summed E-state index contributed by atoms with van der Waals surface area (Å²) in [7, 11) is 0. The Kier molecular flexibility index (Phi) is 23.3. The fourth-order valence-corrected chi connectivity index (χ4v) is 9.29. The molecular formula is C68H86Cl2SiZr-4. The van der Waals surface area contributed by atoms with Crippen LogP contribution < -0.4 is 0 Å². The van der Waals surface area contributed by atoms with Crippen molar-refractivity contribution in [2.45, 2.75) is 157 Å². The summed E-state index contributed by atoms with van der Waals surface area (Å²) >= 11 is 1.36. The van der Waals surface area contributed by atoms with Gasteiger partial charge in [0.2, 0.25) is 0 Å². The van der Waals surface area contributed by atoms with Crippen LogP contribution >= 0.6 is 24.8 Å². The van der Waals surface area contributed by atoms with E-state index < -0.39 is 0 Å². The van der Waals surface area contributed by atoms with Gasteiger partial charge in [-0.3, -0.25) is 0 Å². The minimum absolute atomic E-state index is 0. The van der Waals surface area contributed by atoms with Gasteiger partial charge in [-0.2, -0.15) is 12.1 Å². The Hall–Kier alpha value is -3.78. The Labute approximate surface area is 468 Å². The minimum atomic E-state index is 0. The second-order valence-corrected chi connectivity index (χ2v) is 23.5. The summed E-state index contributed by atoms with van der Waals surface area (Å²) in [6.45, 7) is 39.6. The number of benzene rings is 6. The third-order valence-corrected chi connectivity index (χ3v) is 14.4. The Balaban J connectivity index is 0.000000453. The average Bonchev–Trinajstić information content (AvgIpc) is 3.97.